The first-order valence-corrected chi connectivity index (χ1v) is 3.84. The van der Waals surface area contributed by atoms with E-state index in [1.807, 2.05) is 13.8 Å². The standard InChI is InChI=1S/C9H16F2O/c1-8(2,7-12-4)5-6-9(3,10)11/h5-6H,7H2,1-4H3. The summed E-state index contributed by atoms with van der Waals surface area (Å²) in [4.78, 5) is 0. The number of halogens is 2. The molecular weight excluding hydrogens is 162 g/mol. The highest BCUT2D eigenvalue weighted by molar-refractivity contribution is 5.00. The first kappa shape index (κ1) is 11.6. The van der Waals surface area contributed by atoms with Crippen LogP contribution in [0.3, 0.4) is 0 Å². The smallest absolute Gasteiger partial charge is 0.263 e. The summed E-state index contributed by atoms with van der Waals surface area (Å²) < 4.78 is 29.6. The molecule has 0 heterocycles. The second-order valence-corrected chi connectivity index (χ2v) is 3.71. The lowest BCUT2D eigenvalue weighted by molar-refractivity contribution is 0.0742. The van der Waals surface area contributed by atoms with E-state index in [1.165, 1.54) is 6.08 Å². The van der Waals surface area contributed by atoms with Crippen LogP contribution in [-0.4, -0.2) is 19.6 Å². The lowest BCUT2D eigenvalue weighted by Crippen LogP contribution is -2.16. The molecule has 0 N–H and O–H groups in total. The van der Waals surface area contributed by atoms with Crippen LogP contribution < -0.4 is 0 Å². The van der Waals surface area contributed by atoms with Crippen LogP contribution in [0.15, 0.2) is 12.2 Å². The summed E-state index contributed by atoms with van der Waals surface area (Å²) in [6.07, 6.45) is 2.39. The molecular formula is C9H16F2O. The average molecular weight is 178 g/mol. The Balaban J connectivity index is 4.13. The van der Waals surface area contributed by atoms with E-state index >= 15 is 0 Å². The maximum atomic E-state index is 12.4. The third-order valence-electron chi connectivity index (χ3n) is 1.34. The van der Waals surface area contributed by atoms with Crippen molar-refractivity contribution in [3.8, 4) is 0 Å². The van der Waals surface area contributed by atoms with E-state index in [0.717, 1.165) is 13.0 Å². The maximum absolute atomic E-state index is 12.4. The van der Waals surface area contributed by atoms with Gasteiger partial charge in [0.05, 0.1) is 6.61 Å². The van der Waals surface area contributed by atoms with Gasteiger partial charge in [0.2, 0.25) is 0 Å². The molecule has 0 spiro atoms. The maximum Gasteiger partial charge on any atom is 0.263 e. The fraction of sp³-hybridized carbons (Fsp3) is 0.778. The van der Waals surface area contributed by atoms with Crippen molar-refractivity contribution in [2.75, 3.05) is 13.7 Å². The lowest BCUT2D eigenvalue weighted by Gasteiger charge is -2.19. The molecule has 0 amide bonds. The molecule has 0 aromatic carbocycles. The number of alkyl halides is 2. The van der Waals surface area contributed by atoms with Crippen LogP contribution in [0.2, 0.25) is 0 Å². The average Bonchev–Trinajstić information content (AvgIpc) is 1.83. The molecule has 0 radical (unpaired) electrons. The van der Waals surface area contributed by atoms with E-state index < -0.39 is 5.92 Å². The number of hydrogen-bond donors (Lipinski definition) is 0. The van der Waals surface area contributed by atoms with Crippen molar-refractivity contribution in [3.05, 3.63) is 12.2 Å². The summed E-state index contributed by atoms with van der Waals surface area (Å²) in [5.74, 6) is -2.73. The minimum Gasteiger partial charge on any atom is -0.384 e. The van der Waals surface area contributed by atoms with Crippen molar-refractivity contribution >= 4 is 0 Å². The largest absolute Gasteiger partial charge is 0.384 e. The van der Waals surface area contributed by atoms with Crippen molar-refractivity contribution in [2.24, 2.45) is 5.41 Å². The molecule has 0 aromatic heterocycles. The topological polar surface area (TPSA) is 9.23 Å². The normalized spacial score (nSPS) is 14.2. The van der Waals surface area contributed by atoms with Gasteiger partial charge in [0, 0.05) is 19.4 Å². The number of allylic oxidation sites excluding steroid dienone is 1. The van der Waals surface area contributed by atoms with Crippen LogP contribution in [0.25, 0.3) is 0 Å². The minimum absolute atomic E-state index is 0.325. The molecule has 1 nitrogen and oxygen atoms in total. The summed E-state index contributed by atoms with van der Waals surface area (Å²) in [6.45, 7) is 5.00. The molecule has 0 fully saturated rings. The highest BCUT2D eigenvalue weighted by Gasteiger charge is 2.19. The Morgan fingerprint density at radius 1 is 1.17 bits per heavy atom. The van der Waals surface area contributed by atoms with Crippen LogP contribution in [0.4, 0.5) is 8.78 Å². The highest BCUT2D eigenvalue weighted by Crippen LogP contribution is 2.21. The predicted molar refractivity (Wildman–Crippen MR) is 45.4 cm³/mol. The van der Waals surface area contributed by atoms with Crippen molar-refractivity contribution in [3.63, 3.8) is 0 Å². The highest BCUT2D eigenvalue weighted by atomic mass is 19.3. The van der Waals surface area contributed by atoms with Gasteiger partial charge in [-0.15, -0.1) is 0 Å². The van der Waals surface area contributed by atoms with Gasteiger partial charge < -0.3 is 4.74 Å². The number of rotatable bonds is 4. The van der Waals surface area contributed by atoms with E-state index in [4.69, 9.17) is 4.74 Å². The van der Waals surface area contributed by atoms with Gasteiger partial charge in [0.1, 0.15) is 0 Å². The molecule has 0 saturated carbocycles. The Bertz CT molecular complexity index is 156. The molecule has 0 aliphatic heterocycles. The molecule has 0 saturated heterocycles. The van der Waals surface area contributed by atoms with E-state index in [9.17, 15) is 8.78 Å². The fourth-order valence-corrected chi connectivity index (χ4v) is 0.792. The van der Waals surface area contributed by atoms with Gasteiger partial charge in [0.25, 0.3) is 5.92 Å². The van der Waals surface area contributed by atoms with Crippen LogP contribution in [-0.2, 0) is 4.74 Å². The van der Waals surface area contributed by atoms with Gasteiger partial charge in [-0.2, -0.15) is 0 Å². The van der Waals surface area contributed by atoms with Gasteiger partial charge in [-0.3, -0.25) is 0 Å². The molecule has 0 unspecified atom stereocenters. The molecule has 0 atom stereocenters. The molecule has 3 heteroatoms. The van der Waals surface area contributed by atoms with E-state index in [-0.39, 0.29) is 5.41 Å². The van der Waals surface area contributed by atoms with E-state index in [2.05, 4.69) is 0 Å². The van der Waals surface area contributed by atoms with E-state index in [1.54, 1.807) is 7.11 Å². The third-order valence-corrected chi connectivity index (χ3v) is 1.34. The number of methoxy groups -OCH3 is 1. The zero-order chi connectivity index (χ0) is 9.83. The monoisotopic (exact) mass is 178 g/mol. The summed E-state index contributed by atoms with van der Waals surface area (Å²) >= 11 is 0. The lowest BCUT2D eigenvalue weighted by atomic mass is 9.94. The van der Waals surface area contributed by atoms with Crippen molar-refractivity contribution < 1.29 is 13.5 Å². The summed E-state index contributed by atoms with van der Waals surface area (Å²) in [6, 6.07) is 0. The third kappa shape index (κ3) is 6.28. The molecule has 12 heavy (non-hydrogen) atoms. The molecule has 0 aliphatic rings. The molecule has 0 aromatic rings. The van der Waals surface area contributed by atoms with Crippen molar-refractivity contribution in [1.82, 2.24) is 0 Å². The van der Waals surface area contributed by atoms with Crippen molar-refractivity contribution in [1.29, 1.82) is 0 Å². The van der Waals surface area contributed by atoms with Crippen LogP contribution in [0, 0.1) is 5.41 Å². The van der Waals surface area contributed by atoms with Crippen molar-refractivity contribution in [2.45, 2.75) is 26.7 Å². The molecule has 0 bridgehead atoms. The zero-order valence-corrected chi connectivity index (χ0v) is 8.03. The SMILES string of the molecule is COCC(C)(C)C=CC(C)(F)F. The Kier molecular flexibility index (Phi) is 3.84. The summed E-state index contributed by atoms with van der Waals surface area (Å²) in [5.41, 5.74) is -0.325. The second-order valence-electron chi connectivity index (χ2n) is 3.71. The van der Waals surface area contributed by atoms with Gasteiger partial charge >= 0.3 is 0 Å². The zero-order valence-electron chi connectivity index (χ0n) is 8.03. The van der Waals surface area contributed by atoms with Gasteiger partial charge in [-0.25, -0.2) is 8.78 Å². The van der Waals surface area contributed by atoms with Crippen LogP contribution in [0.1, 0.15) is 20.8 Å². The fourth-order valence-electron chi connectivity index (χ4n) is 0.792. The summed E-state index contributed by atoms with van der Waals surface area (Å²) in [5, 5.41) is 0. The second kappa shape index (κ2) is 3.99. The Morgan fingerprint density at radius 2 is 1.67 bits per heavy atom. The number of hydrogen-bond acceptors (Lipinski definition) is 1. The molecule has 72 valence electrons. The predicted octanol–water partition coefficient (Wildman–Crippen LogP) is 2.87. The van der Waals surface area contributed by atoms with Crippen LogP contribution in [0.5, 0.6) is 0 Å². The first-order valence-electron chi connectivity index (χ1n) is 3.84. The Morgan fingerprint density at radius 3 is 2.00 bits per heavy atom. The Hall–Kier alpha value is -0.440. The minimum atomic E-state index is -2.73. The quantitative estimate of drug-likeness (QED) is 0.601. The van der Waals surface area contributed by atoms with E-state index in [0.29, 0.717) is 6.61 Å². The van der Waals surface area contributed by atoms with Gasteiger partial charge in [-0.1, -0.05) is 19.9 Å². The molecule has 0 rings (SSSR count). The first-order chi connectivity index (χ1) is 5.27. The van der Waals surface area contributed by atoms with Crippen LogP contribution >= 0.6 is 0 Å². The molecule has 0 aliphatic carbocycles. The number of ether oxygens (including phenoxy) is 1. The van der Waals surface area contributed by atoms with Gasteiger partial charge in [0.15, 0.2) is 0 Å². The Labute approximate surface area is 72.4 Å². The van der Waals surface area contributed by atoms with Gasteiger partial charge in [-0.05, 0) is 6.08 Å². The summed E-state index contributed by atoms with van der Waals surface area (Å²) in [7, 11) is 1.56.